The zero-order valence-electron chi connectivity index (χ0n) is 14.5. The average molecular weight is 390 g/mol. The quantitative estimate of drug-likeness (QED) is 0.445. The largest absolute Gasteiger partial charge is 0.493 e. The lowest BCUT2D eigenvalue weighted by atomic mass is 10.2. The molecule has 2 aromatic carbocycles. The molecule has 2 rings (SSSR count). The molecule has 142 valence electrons. The second-order valence-electron chi connectivity index (χ2n) is 5.25. The number of amides is 2. The van der Waals surface area contributed by atoms with Crippen molar-refractivity contribution in [2.24, 2.45) is 0 Å². The number of hydrogen-bond donors (Lipinski definition) is 4. The van der Waals surface area contributed by atoms with Crippen LogP contribution in [0.2, 0.25) is 0 Å². The summed E-state index contributed by atoms with van der Waals surface area (Å²) in [5, 5.41) is 5.39. The van der Waals surface area contributed by atoms with Crippen LogP contribution < -0.4 is 26.2 Å². The van der Waals surface area contributed by atoms with Crippen molar-refractivity contribution in [1.82, 2.24) is 16.2 Å². The van der Waals surface area contributed by atoms with Crippen molar-refractivity contribution in [2.75, 3.05) is 18.5 Å². The van der Waals surface area contributed by atoms with E-state index in [9.17, 15) is 14.0 Å². The van der Waals surface area contributed by atoms with Crippen LogP contribution in [0.1, 0.15) is 17.3 Å². The fourth-order valence-corrected chi connectivity index (χ4v) is 2.23. The summed E-state index contributed by atoms with van der Waals surface area (Å²) in [6.45, 7) is 1.98. The number of anilines is 1. The highest BCUT2D eigenvalue weighted by Crippen LogP contribution is 2.17. The molecule has 0 radical (unpaired) electrons. The highest BCUT2D eigenvalue weighted by Gasteiger charge is 2.13. The van der Waals surface area contributed by atoms with Gasteiger partial charge < -0.3 is 15.4 Å². The molecule has 2 amide bonds. The van der Waals surface area contributed by atoms with Crippen molar-refractivity contribution in [3.05, 3.63) is 59.9 Å². The van der Waals surface area contributed by atoms with E-state index in [0.717, 1.165) is 0 Å². The number of hydrogen-bond acceptors (Lipinski definition) is 4. The first kappa shape index (κ1) is 20.1. The Bertz CT molecular complexity index is 815. The third-order valence-electron chi connectivity index (χ3n) is 3.26. The molecule has 0 atom stereocenters. The van der Waals surface area contributed by atoms with Gasteiger partial charge in [0, 0.05) is 5.69 Å². The van der Waals surface area contributed by atoms with Crippen molar-refractivity contribution >= 4 is 34.8 Å². The maximum atomic E-state index is 12.8. The van der Waals surface area contributed by atoms with Gasteiger partial charge in [-0.2, -0.15) is 0 Å². The normalized spacial score (nSPS) is 9.85. The van der Waals surface area contributed by atoms with Gasteiger partial charge >= 0.3 is 0 Å². The number of hydrazine groups is 1. The zero-order valence-corrected chi connectivity index (χ0v) is 15.4. The summed E-state index contributed by atoms with van der Waals surface area (Å²) in [6, 6.07) is 12.3. The summed E-state index contributed by atoms with van der Waals surface area (Å²) in [4.78, 5) is 24.0. The molecule has 7 nitrogen and oxygen atoms in total. The summed E-state index contributed by atoms with van der Waals surface area (Å²) in [6.07, 6.45) is 0. The second-order valence-corrected chi connectivity index (χ2v) is 5.65. The van der Waals surface area contributed by atoms with Crippen LogP contribution in [0, 0.1) is 5.82 Å². The van der Waals surface area contributed by atoms with Gasteiger partial charge in [-0.05, 0) is 55.5 Å². The third kappa shape index (κ3) is 6.55. The minimum atomic E-state index is -0.500. The number of carbonyl (C=O) groups excluding carboxylic acids is 2. The van der Waals surface area contributed by atoms with Gasteiger partial charge in [-0.1, -0.05) is 12.1 Å². The first-order chi connectivity index (χ1) is 13.0. The fourth-order valence-electron chi connectivity index (χ4n) is 2.06. The molecule has 0 aromatic heterocycles. The van der Waals surface area contributed by atoms with Crippen molar-refractivity contribution in [3.8, 4) is 5.75 Å². The summed E-state index contributed by atoms with van der Waals surface area (Å²) < 4.78 is 18.2. The second kappa shape index (κ2) is 10.1. The molecule has 0 spiro atoms. The molecule has 0 heterocycles. The van der Waals surface area contributed by atoms with Crippen LogP contribution >= 0.6 is 12.2 Å². The number of benzene rings is 2. The van der Waals surface area contributed by atoms with Gasteiger partial charge in [0.1, 0.15) is 11.6 Å². The molecule has 4 N–H and O–H groups in total. The summed E-state index contributed by atoms with van der Waals surface area (Å²) in [5.41, 5.74) is 5.74. The monoisotopic (exact) mass is 390 g/mol. The Balaban J connectivity index is 1.76. The fraction of sp³-hybridized carbons (Fsp3) is 0.167. The van der Waals surface area contributed by atoms with Crippen LogP contribution in [-0.4, -0.2) is 30.1 Å². The van der Waals surface area contributed by atoms with Gasteiger partial charge in [0.25, 0.3) is 11.8 Å². The highest BCUT2D eigenvalue weighted by molar-refractivity contribution is 7.80. The minimum Gasteiger partial charge on any atom is -0.493 e. The van der Waals surface area contributed by atoms with Crippen molar-refractivity contribution in [2.45, 2.75) is 6.92 Å². The maximum Gasteiger partial charge on any atom is 0.257 e. The number of halogens is 1. The van der Waals surface area contributed by atoms with Crippen molar-refractivity contribution in [3.63, 3.8) is 0 Å². The molecule has 0 aliphatic carbocycles. The van der Waals surface area contributed by atoms with Gasteiger partial charge in [-0.15, -0.1) is 0 Å². The maximum absolute atomic E-state index is 12.8. The number of para-hydroxylation sites is 1. The molecule has 0 saturated carbocycles. The SMILES string of the molecule is CCOc1ccccc1C(=O)NCC(=O)NNC(=S)Nc1ccc(F)cc1. The Morgan fingerprint density at radius 3 is 2.48 bits per heavy atom. The average Bonchev–Trinajstić information content (AvgIpc) is 2.67. The van der Waals surface area contributed by atoms with Gasteiger partial charge in [0.15, 0.2) is 5.11 Å². The van der Waals surface area contributed by atoms with E-state index in [4.69, 9.17) is 17.0 Å². The minimum absolute atomic E-state index is 0.114. The Hall–Kier alpha value is -3.20. The summed E-state index contributed by atoms with van der Waals surface area (Å²) in [5.74, 6) is -0.850. The molecule has 0 aliphatic rings. The molecule has 9 heteroatoms. The number of carbonyl (C=O) groups is 2. The van der Waals surface area contributed by atoms with Crippen LogP contribution in [0.25, 0.3) is 0 Å². The van der Waals surface area contributed by atoms with E-state index in [1.54, 1.807) is 24.3 Å². The molecule has 0 unspecified atom stereocenters. The topological polar surface area (TPSA) is 91.5 Å². The number of rotatable bonds is 6. The molecule has 2 aromatic rings. The van der Waals surface area contributed by atoms with E-state index >= 15 is 0 Å². The Kier molecular flexibility index (Phi) is 7.50. The lowest BCUT2D eigenvalue weighted by Gasteiger charge is -2.13. The van der Waals surface area contributed by atoms with Crippen LogP contribution in [0.3, 0.4) is 0 Å². The third-order valence-corrected chi connectivity index (χ3v) is 3.46. The van der Waals surface area contributed by atoms with Gasteiger partial charge in [0.2, 0.25) is 0 Å². The summed E-state index contributed by atoms with van der Waals surface area (Å²) in [7, 11) is 0. The van der Waals surface area contributed by atoms with E-state index in [2.05, 4.69) is 21.5 Å². The lowest BCUT2D eigenvalue weighted by Crippen LogP contribution is -2.47. The van der Waals surface area contributed by atoms with E-state index in [-0.39, 0.29) is 17.5 Å². The van der Waals surface area contributed by atoms with Crippen molar-refractivity contribution < 1.29 is 18.7 Å². The first-order valence-electron chi connectivity index (χ1n) is 8.11. The van der Waals surface area contributed by atoms with E-state index in [1.165, 1.54) is 24.3 Å². The highest BCUT2D eigenvalue weighted by atomic mass is 32.1. The molecule has 0 aliphatic heterocycles. The van der Waals surface area contributed by atoms with E-state index in [1.807, 2.05) is 6.92 Å². The molecule has 27 heavy (non-hydrogen) atoms. The van der Waals surface area contributed by atoms with E-state index in [0.29, 0.717) is 23.6 Å². The van der Waals surface area contributed by atoms with Gasteiger partial charge in [0.05, 0.1) is 18.7 Å². The standard InChI is InChI=1S/C18H19FN4O3S/c1-2-26-15-6-4-3-5-14(15)17(25)20-11-16(24)22-23-18(27)21-13-9-7-12(19)8-10-13/h3-10H,2,11H2,1H3,(H,20,25)(H,22,24)(H2,21,23,27). The molecular weight excluding hydrogens is 371 g/mol. The molecule has 0 bridgehead atoms. The molecular formula is C18H19FN4O3S. The van der Waals surface area contributed by atoms with Crippen molar-refractivity contribution in [1.29, 1.82) is 0 Å². The van der Waals surface area contributed by atoms with E-state index < -0.39 is 11.8 Å². The summed E-state index contributed by atoms with van der Waals surface area (Å²) >= 11 is 5.01. The van der Waals surface area contributed by atoms with Gasteiger partial charge in [-0.25, -0.2) is 4.39 Å². The number of thiocarbonyl (C=S) groups is 1. The number of nitrogens with one attached hydrogen (secondary N) is 4. The Labute approximate surface area is 161 Å². The first-order valence-corrected chi connectivity index (χ1v) is 8.52. The van der Waals surface area contributed by atoms with Gasteiger partial charge in [-0.3, -0.25) is 20.4 Å². The van der Waals surface area contributed by atoms with Crippen LogP contribution in [0.15, 0.2) is 48.5 Å². The Morgan fingerprint density at radius 1 is 1.07 bits per heavy atom. The van der Waals surface area contributed by atoms with Crippen LogP contribution in [0.4, 0.5) is 10.1 Å². The number of ether oxygens (including phenoxy) is 1. The van der Waals surface area contributed by atoms with Crippen LogP contribution in [-0.2, 0) is 4.79 Å². The molecule has 0 saturated heterocycles. The zero-order chi connectivity index (χ0) is 19.6. The molecule has 0 fully saturated rings. The smallest absolute Gasteiger partial charge is 0.257 e. The Morgan fingerprint density at radius 2 is 1.78 bits per heavy atom. The lowest BCUT2D eigenvalue weighted by molar-refractivity contribution is -0.120. The van der Waals surface area contributed by atoms with Crippen LogP contribution in [0.5, 0.6) is 5.75 Å². The predicted octanol–water partition coefficient (Wildman–Crippen LogP) is 1.97. The predicted molar refractivity (Wildman–Crippen MR) is 104 cm³/mol.